The molecule has 124 valence electrons. The van der Waals surface area contributed by atoms with E-state index in [0.29, 0.717) is 13.2 Å². The zero-order chi connectivity index (χ0) is 16.6. The highest BCUT2D eigenvalue weighted by Gasteiger charge is 2.65. The van der Waals surface area contributed by atoms with E-state index in [9.17, 15) is 14.7 Å². The van der Waals surface area contributed by atoms with Crippen LogP contribution in [0.1, 0.15) is 31.9 Å². The van der Waals surface area contributed by atoms with E-state index >= 15 is 0 Å². The molecule has 2 N–H and O–H groups in total. The molecule has 1 aliphatic carbocycles. The van der Waals surface area contributed by atoms with Gasteiger partial charge in [0.25, 0.3) is 0 Å². The molecule has 23 heavy (non-hydrogen) atoms. The molecule has 1 aromatic carbocycles. The Hall–Kier alpha value is -1.88. The number of carboxylic acids is 1. The molecule has 0 bridgehead atoms. The van der Waals surface area contributed by atoms with Crippen molar-refractivity contribution < 1.29 is 19.4 Å². The molecule has 0 spiro atoms. The Morgan fingerprint density at radius 1 is 1.26 bits per heavy atom. The Kier molecular flexibility index (Phi) is 4.15. The molecule has 1 heterocycles. The predicted octanol–water partition coefficient (Wildman–Crippen LogP) is 2.24. The van der Waals surface area contributed by atoms with E-state index in [0.717, 1.165) is 12.0 Å². The fourth-order valence-electron chi connectivity index (χ4n) is 3.78. The fraction of sp³-hybridized carbons (Fsp3) is 0.556. The van der Waals surface area contributed by atoms with Crippen LogP contribution in [-0.4, -0.2) is 30.1 Å². The standard InChI is InChI=1S/C18H23NO4/c1-18(2)13(14(18)17(21)22)16(20)19-10-12-8-9-23-15(12)11-6-4-3-5-7-11/h3-7,12-15H,8-10H2,1-2H3,(H,19,20)(H,21,22)/t12-,13+,14-,15-/m0/s1. The zero-order valence-corrected chi connectivity index (χ0v) is 13.5. The second-order valence-electron chi connectivity index (χ2n) is 7.11. The average molecular weight is 317 g/mol. The van der Waals surface area contributed by atoms with Crippen molar-refractivity contribution in [3.05, 3.63) is 35.9 Å². The summed E-state index contributed by atoms with van der Waals surface area (Å²) in [7, 11) is 0. The Morgan fingerprint density at radius 2 is 1.96 bits per heavy atom. The third-order valence-electron chi connectivity index (χ3n) is 5.26. The largest absolute Gasteiger partial charge is 0.481 e. The van der Waals surface area contributed by atoms with Crippen LogP contribution in [0.5, 0.6) is 0 Å². The number of hydrogen-bond acceptors (Lipinski definition) is 3. The summed E-state index contributed by atoms with van der Waals surface area (Å²) in [5.41, 5.74) is 0.667. The second kappa shape index (κ2) is 5.96. The van der Waals surface area contributed by atoms with Gasteiger partial charge in [0.05, 0.1) is 17.9 Å². The van der Waals surface area contributed by atoms with Crippen molar-refractivity contribution in [3.8, 4) is 0 Å². The lowest BCUT2D eigenvalue weighted by Gasteiger charge is -2.19. The van der Waals surface area contributed by atoms with Gasteiger partial charge in [0.2, 0.25) is 5.91 Å². The summed E-state index contributed by atoms with van der Waals surface area (Å²) in [4.78, 5) is 23.5. The van der Waals surface area contributed by atoms with Gasteiger partial charge in [-0.25, -0.2) is 0 Å². The van der Waals surface area contributed by atoms with Crippen LogP contribution in [-0.2, 0) is 14.3 Å². The number of nitrogens with one attached hydrogen (secondary N) is 1. The van der Waals surface area contributed by atoms with Crippen molar-refractivity contribution in [2.24, 2.45) is 23.2 Å². The van der Waals surface area contributed by atoms with E-state index in [1.165, 1.54) is 0 Å². The first-order valence-electron chi connectivity index (χ1n) is 8.10. The van der Waals surface area contributed by atoms with Crippen molar-refractivity contribution in [1.29, 1.82) is 0 Å². The maximum absolute atomic E-state index is 12.3. The SMILES string of the molecule is CC1(C)[C@H](C(=O)O)[C@@H]1C(=O)NC[C@@H]1CCO[C@H]1c1ccccc1. The van der Waals surface area contributed by atoms with Gasteiger partial charge in [-0.05, 0) is 17.4 Å². The van der Waals surface area contributed by atoms with Crippen molar-refractivity contribution >= 4 is 11.9 Å². The second-order valence-corrected chi connectivity index (χ2v) is 7.11. The van der Waals surface area contributed by atoms with E-state index < -0.39 is 23.2 Å². The van der Waals surface area contributed by atoms with Gasteiger partial charge in [-0.3, -0.25) is 9.59 Å². The van der Waals surface area contributed by atoms with Crippen LogP contribution in [0.4, 0.5) is 0 Å². The van der Waals surface area contributed by atoms with Crippen LogP contribution in [0.25, 0.3) is 0 Å². The first kappa shape index (κ1) is 16.0. The highest BCUT2D eigenvalue weighted by molar-refractivity contribution is 5.91. The van der Waals surface area contributed by atoms with Crippen molar-refractivity contribution in [2.45, 2.75) is 26.4 Å². The minimum Gasteiger partial charge on any atom is -0.481 e. The highest BCUT2D eigenvalue weighted by Crippen LogP contribution is 2.58. The topological polar surface area (TPSA) is 75.6 Å². The predicted molar refractivity (Wildman–Crippen MR) is 84.6 cm³/mol. The summed E-state index contributed by atoms with van der Waals surface area (Å²) in [6.07, 6.45) is 0.898. The van der Waals surface area contributed by atoms with Crippen LogP contribution in [0.3, 0.4) is 0 Å². The fourth-order valence-corrected chi connectivity index (χ4v) is 3.78. The molecule has 0 unspecified atom stereocenters. The Labute approximate surface area is 136 Å². The number of rotatable bonds is 5. The van der Waals surface area contributed by atoms with Crippen LogP contribution in [0, 0.1) is 23.2 Å². The third-order valence-corrected chi connectivity index (χ3v) is 5.26. The maximum atomic E-state index is 12.3. The molecular weight excluding hydrogens is 294 g/mol. The lowest BCUT2D eigenvalue weighted by atomic mass is 9.95. The lowest BCUT2D eigenvalue weighted by molar-refractivity contribution is -0.140. The van der Waals surface area contributed by atoms with E-state index in [2.05, 4.69) is 5.32 Å². The normalized spacial score (nSPS) is 31.6. The van der Waals surface area contributed by atoms with Crippen LogP contribution >= 0.6 is 0 Å². The van der Waals surface area contributed by atoms with Crippen LogP contribution < -0.4 is 5.32 Å². The number of benzene rings is 1. The van der Waals surface area contributed by atoms with Crippen molar-refractivity contribution in [2.75, 3.05) is 13.2 Å². The van der Waals surface area contributed by atoms with Gasteiger partial charge < -0.3 is 15.2 Å². The average Bonchev–Trinajstić information content (AvgIpc) is 2.88. The first-order valence-corrected chi connectivity index (χ1v) is 8.10. The Morgan fingerprint density at radius 3 is 2.57 bits per heavy atom. The molecule has 3 rings (SSSR count). The number of carboxylic acid groups (broad SMARTS) is 1. The number of carbonyl (C=O) groups is 2. The molecule has 1 aliphatic heterocycles. The monoisotopic (exact) mass is 317 g/mol. The lowest BCUT2D eigenvalue weighted by Crippen LogP contribution is -2.33. The quantitative estimate of drug-likeness (QED) is 0.873. The number of hydrogen-bond donors (Lipinski definition) is 2. The molecule has 4 atom stereocenters. The van der Waals surface area contributed by atoms with E-state index in [1.54, 1.807) is 0 Å². The van der Waals surface area contributed by atoms with Gasteiger partial charge in [0, 0.05) is 19.1 Å². The van der Waals surface area contributed by atoms with Gasteiger partial charge in [-0.15, -0.1) is 0 Å². The maximum Gasteiger partial charge on any atom is 0.307 e. The molecule has 1 saturated heterocycles. The minimum atomic E-state index is -0.887. The first-order chi connectivity index (χ1) is 10.9. The number of amides is 1. The molecule has 0 radical (unpaired) electrons. The van der Waals surface area contributed by atoms with Crippen LogP contribution in [0.2, 0.25) is 0 Å². The third kappa shape index (κ3) is 2.98. The van der Waals surface area contributed by atoms with Crippen LogP contribution in [0.15, 0.2) is 30.3 Å². The smallest absolute Gasteiger partial charge is 0.307 e. The number of carbonyl (C=O) groups excluding carboxylic acids is 1. The summed E-state index contributed by atoms with van der Waals surface area (Å²) in [5, 5.41) is 12.1. The van der Waals surface area contributed by atoms with E-state index in [-0.39, 0.29) is 17.9 Å². The summed E-state index contributed by atoms with van der Waals surface area (Å²) < 4.78 is 5.81. The van der Waals surface area contributed by atoms with Crippen molar-refractivity contribution in [3.63, 3.8) is 0 Å². The zero-order valence-electron chi connectivity index (χ0n) is 13.5. The highest BCUT2D eigenvalue weighted by atomic mass is 16.5. The van der Waals surface area contributed by atoms with E-state index in [4.69, 9.17) is 4.74 Å². The van der Waals surface area contributed by atoms with Gasteiger partial charge in [0.1, 0.15) is 0 Å². The molecule has 5 nitrogen and oxygen atoms in total. The summed E-state index contributed by atoms with van der Waals surface area (Å²) in [6.45, 7) is 4.88. The number of ether oxygens (including phenoxy) is 1. The van der Waals surface area contributed by atoms with Gasteiger partial charge >= 0.3 is 5.97 Å². The van der Waals surface area contributed by atoms with E-state index in [1.807, 2.05) is 44.2 Å². The molecule has 2 fully saturated rings. The Balaban J connectivity index is 1.58. The molecule has 2 aliphatic rings. The van der Waals surface area contributed by atoms with Gasteiger partial charge in [-0.2, -0.15) is 0 Å². The van der Waals surface area contributed by atoms with Gasteiger partial charge in [-0.1, -0.05) is 44.2 Å². The van der Waals surface area contributed by atoms with Crippen molar-refractivity contribution in [1.82, 2.24) is 5.32 Å². The summed E-state index contributed by atoms with van der Waals surface area (Å²) in [6, 6.07) is 10.0. The molecular formula is C18H23NO4. The molecule has 0 aromatic heterocycles. The number of aliphatic carboxylic acids is 1. The molecule has 5 heteroatoms. The molecule has 1 saturated carbocycles. The van der Waals surface area contributed by atoms with Gasteiger partial charge in [0.15, 0.2) is 0 Å². The molecule has 1 amide bonds. The summed E-state index contributed by atoms with van der Waals surface area (Å²) >= 11 is 0. The summed E-state index contributed by atoms with van der Waals surface area (Å²) in [5.74, 6) is -1.82. The Bertz CT molecular complexity index is 598. The molecule has 1 aromatic rings. The minimum absolute atomic E-state index is 0.000941.